The lowest BCUT2D eigenvalue weighted by Gasteiger charge is -1.98. The zero-order valence-corrected chi connectivity index (χ0v) is 9.84. The number of benzene rings is 2. The molecular weight excluding hydrogens is 226 g/mol. The van der Waals surface area contributed by atoms with Crippen molar-refractivity contribution >= 4 is 11.1 Å². The first-order chi connectivity index (χ1) is 8.81. The molecule has 0 aliphatic heterocycles. The van der Waals surface area contributed by atoms with Gasteiger partial charge in [-0.3, -0.25) is 0 Å². The van der Waals surface area contributed by atoms with Crippen LogP contribution in [0.4, 0.5) is 0 Å². The first kappa shape index (κ1) is 10.8. The van der Waals surface area contributed by atoms with Crippen molar-refractivity contribution in [3.8, 4) is 5.75 Å². The average molecular weight is 239 g/mol. The molecule has 0 fully saturated rings. The molecule has 0 aliphatic carbocycles. The zero-order valence-electron chi connectivity index (χ0n) is 9.84. The van der Waals surface area contributed by atoms with Crippen LogP contribution in [-0.4, -0.2) is 10.1 Å². The van der Waals surface area contributed by atoms with Crippen molar-refractivity contribution in [1.29, 1.82) is 0 Å². The lowest BCUT2D eigenvalue weighted by Crippen LogP contribution is -1.90. The molecule has 2 aromatic carbocycles. The quantitative estimate of drug-likeness (QED) is 0.762. The molecule has 0 aliphatic rings. The molecule has 1 N–H and O–H groups in total. The van der Waals surface area contributed by atoms with E-state index < -0.39 is 0 Å². The van der Waals surface area contributed by atoms with Gasteiger partial charge in [-0.2, -0.15) is 0 Å². The number of fused-ring (bicyclic) bond motifs is 1. The topological polar surface area (TPSA) is 46.3 Å². The van der Waals surface area contributed by atoms with Crippen LogP contribution < -0.4 is 0 Å². The Hall–Kier alpha value is -2.29. The van der Waals surface area contributed by atoms with Gasteiger partial charge in [-0.25, -0.2) is 4.98 Å². The monoisotopic (exact) mass is 239 g/mol. The van der Waals surface area contributed by atoms with Crippen LogP contribution in [0.1, 0.15) is 11.5 Å². The van der Waals surface area contributed by atoms with Crippen LogP contribution in [0.3, 0.4) is 0 Å². The number of hydrogen-bond donors (Lipinski definition) is 1. The fourth-order valence-corrected chi connectivity index (χ4v) is 1.94. The number of rotatable bonds is 3. The summed E-state index contributed by atoms with van der Waals surface area (Å²) in [6.07, 6.45) is 1.62. The summed E-state index contributed by atoms with van der Waals surface area (Å²) in [4.78, 5) is 4.43. The molecule has 0 amide bonds. The summed E-state index contributed by atoms with van der Waals surface area (Å²) in [7, 11) is 0. The van der Waals surface area contributed by atoms with E-state index in [-0.39, 0.29) is 0 Å². The van der Waals surface area contributed by atoms with E-state index >= 15 is 0 Å². The number of para-hydroxylation sites is 2. The predicted molar refractivity (Wildman–Crippen MR) is 69.5 cm³/mol. The van der Waals surface area contributed by atoms with Crippen molar-refractivity contribution in [2.24, 2.45) is 0 Å². The number of nitrogens with zero attached hydrogens (tertiary/aromatic N) is 1. The Morgan fingerprint density at radius 3 is 2.50 bits per heavy atom. The van der Waals surface area contributed by atoms with E-state index in [9.17, 15) is 5.11 Å². The molecule has 0 unspecified atom stereocenters. The summed E-state index contributed by atoms with van der Waals surface area (Å²) in [5, 5.41) is 9.21. The van der Waals surface area contributed by atoms with Crippen molar-refractivity contribution in [2.75, 3.05) is 0 Å². The van der Waals surface area contributed by atoms with Crippen molar-refractivity contribution in [3.05, 3.63) is 60.0 Å². The Balaban J connectivity index is 1.74. The number of aromatic hydroxyl groups is 1. The molecule has 1 heterocycles. The second-order valence-corrected chi connectivity index (χ2v) is 4.24. The van der Waals surface area contributed by atoms with Gasteiger partial charge in [0.1, 0.15) is 11.3 Å². The Bertz CT molecular complexity index is 623. The van der Waals surface area contributed by atoms with E-state index in [1.165, 1.54) is 0 Å². The maximum atomic E-state index is 9.21. The minimum atomic E-state index is 0.292. The number of aryl methyl sites for hydroxylation is 2. The van der Waals surface area contributed by atoms with Crippen molar-refractivity contribution in [2.45, 2.75) is 12.8 Å². The Morgan fingerprint density at radius 2 is 1.72 bits per heavy atom. The average Bonchev–Trinajstić information content (AvgIpc) is 2.81. The fourth-order valence-electron chi connectivity index (χ4n) is 1.94. The van der Waals surface area contributed by atoms with E-state index in [1.807, 2.05) is 36.4 Å². The minimum Gasteiger partial charge on any atom is -0.508 e. The first-order valence-electron chi connectivity index (χ1n) is 5.93. The molecule has 3 nitrogen and oxygen atoms in total. The molecule has 3 heteroatoms. The number of phenolic OH excluding ortho intramolecular Hbond substituents is 1. The molecule has 3 rings (SSSR count). The van der Waals surface area contributed by atoms with Crippen molar-refractivity contribution in [3.63, 3.8) is 0 Å². The maximum Gasteiger partial charge on any atom is 0.195 e. The van der Waals surface area contributed by atoms with E-state index in [2.05, 4.69) is 4.98 Å². The summed E-state index contributed by atoms with van der Waals surface area (Å²) < 4.78 is 5.65. The third-order valence-corrected chi connectivity index (χ3v) is 2.90. The van der Waals surface area contributed by atoms with Gasteiger partial charge >= 0.3 is 0 Å². The van der Waals surface area contributed by atoms with Gasteiger partial charge in [0.2, 0.25) is 0 Å². The highest BCUT2D eigenvalue weighted by atomic mass is 16.3. The molecule has 1 aromatic heterocycles. The van der Waals surface area contributed by atoms with Crippen LogP contribution >= 0.6 is 0 Å². The van der Waals surface area contributed by atoms with Crippen molar-refractivity contribution < 1.29 is 9.52 Å². The molecule has 0 spiro atoms. The number of hydrogen-bond acceptors (Lipinski definition) is 3. The highest BCUT2D eigenvalue weighted by Crippen LogP contribution is 2.17. The van der Waals surface area contributed by atoms with Crippen LogP contribution in [0.25, 0.3) is 11.1 Å². The second-order valence-electron chi connectivity index (χ2n) is 4.24. The maximum absolute atomic E-state index is 9.21. The summed E-state index contributed by atoms with van der Waals surface area (Å²) in [6.45, 7) is 0. The van der Waals surface area contributed by atoms with Crippen LogP contribution in [-0.2, 0) is 12.8 Å². The molecule has 18 heavy (non-hydrogen) atoms. The van der Waals surface area contributed by atoms with Gasteiger partial charge in [0, 0.05) is 6.42 Å². The van der Waals surface area contributed by atoms with E-state index in [0.29, 0.717) is 5.75 Å². The Kier molecular flexibility index (Phi) is 2.73. The van der Waals surface area contributed by atoms with Gasteiger partial charge < -0.3 is 9.52 Å². The molecule has 0 atom stereocenters. The highest BCUT2D eigenvalue weighted by molar-refractivity contribution is 5.72. The summed E-state index contributed by atoms with van der Waals surface area (Å²) >= 11 is 0. The van der Waals surface area contributed by atoms with Crippen molar-refractivity contribution in [1.82, 2.24) is 4.98 Å². The van der Waals surface area contributed by atoms with Crippen LogP contribution in [0.2, 0.25) is 0 Å². The van der Waals surface area contributed by atoms with E-state index in [4.69, 9.17) is 4.42 Å². The first-order valence-corrected chi connectivity index (χ1v) is 5.93. The van der Waals surface area contributed by atoms with Crippen LogP contribution in [0.5, 0.6) is 5.75 Å². The Morgan fingerprint density at radius 1 is 0.944 bits per heavy atom. The summed E-state index contributed by atoms with van der Waals surface area (Å²) in [6, 6.07) is 15.0. The third-order valence-electron chi connectivity index (χ3n) is 2.90. The van der Waals surface area contributed by atoms with Gasteiger partial charge in [0.05, 0.1) is 0 Å². The third kappa shape index (κ3) is 2.20. The minimum absolute atomic E-state index is 0.292. The number of oxazole rings is 1. The molecule has 0 radical (unpaired) electrons. The summed E-state index contributed by atoms with van der Waals surface area (Å²) in [5.41, 5.74) is 2.89. The SMILES string of the molecule is Oc1ccc(CCc2nc3ccccc3o2)cc1. The smallest absolute Gasteiger partial charge is 0.195 e. The van der Waals surface area contributed by atoms with Gasteiger partial charge in [0.15, 0.2) is 11.5 Å². The normalized spacial score (nSPS) is 10.9. The zero-order chi connectivity index (χ0) is 12.4. The van der Waals surface area contributed by atoms with Crippen LogP contribution in [0, 0.1) is 0 Å². The molecular formula is C15H13NO2. The molecule has 0 bridgehead atoms. The number of phenols is 1. The number of aromatic nitrogens is 1. The summed E-state index contributed by atoms with van der Waals surface area (Å²) in [5.74, 6) is 1.05. The van der Waals surface area contributed by atoms with Gasteiger partial charge in [-0.15, -0.1) is 0 Å². The Labute approximate surface area is 105 Å². The highest BCUT2D eigenvalue weighted by Gasteiger charge is 2.05. The standard InChI is InChI=1S/C15H13NO2/c17-12-8-5-11(6-9-12)7-10-15-16-13-3-1-2-4-14(13)18-15/h1-6,8-9,17H,7,10H2. The molecule has 3 aromatic rings. The van der Waals surface area contributed by atoms with Gasteiger partial charge in [-0.05, 0) is 36.2 Å². The molecule has 0 saturated heterocycles. The van der Waals surface area contributed by atoms with E-state index in [1.54, 1.807) is 12.1 Å². The predicted octanol–water partition coefficient (Wildman–Crippen LogP) is 3.32. The fraction of sp³-hybridized carbons (Fsp3) is 0.133. The van der Waals surface area contributed by atoms with Crippen LogP contribution in [0.15, 0.2) is 52.9 Å². The largest absolute Gasteiger partial charge is 0.508 e. The second kappa shape index (κ2) is 4.53. The van der Waals surface area contributed by atoms with Gasteiger partial charge in [0.25, 0.3) is 0 Å². The molecule has 0 saturated carbocycles. The lowest BCUT2D eigenvalue weighted by molar-refractivity contribution is 0.475. The lowest BCUT2D eigenvalue weighted by atomic mass is 10.1. The van der Waals surface area contributed by atoms with Gasteiger partial charge in [-0.1, -0.05) is 24.3 Å². The van der Waals surface area contributed by atoms with E-state index in [0.717, 1.165) is 35.4 Å². The molecule has 90 valence electrons.